The fourth-order valence-electron chi connectivity index (χ4n) is 0.811. The van der Waals surface area contributed by atoms with Crippen molar-refractivity contribution in [1.82, 2.24) is 8.61 Å². The minimum atomic E-state index is -4.12. The van der Waals surface area contributed by atoms with Gasteiger partial charge < -0.3 is 0 Å². The second kappa shape index (κ2) is 3.64. The maximum absolute atomic E-state index is 12.2. The summed E-state index contributed by atoms with van der Waals surface area (Å²) in [6.45, 7) is 0. The highest BCUT2D eigenvalue weighted by Crippen LogP contribution is 2.47. The van der Waals surface area contributed by atoms with E-state index < -0.39 is 16.8 Å². The van der Waals surface area contributed by atoms with Gasteiger partial charge in [-0.1, -0.05) is 0 Å². The van der Waals surface area contributed by atoms with Crippen molar-refractivity contribution in [2.24, 2.45) is 0 Å². The van der Waals surface area contributed by atoms with Gasteiger partial charge in [-0.3, -0.25) is 8.61 Å². The summed E-state index contributed by atoms with van der Waals surface area (Å²) >= 11 is -2.15. The Bertz CT molecular complexity index is 115. The highest BCUT2D eigenvalue weighted by Gasteiger charge is 2.39. The summed E-state index contributed by atoms with van der Waals surface area (Å²) in [4.78, 5) is 0. The third-order valence-electron chi connectivity index (χ3n) is 0.985. The van der Waals surface area contributed by atoms with Crippen LogP contribution in [0.15, 0.2) is 0 Å². The lowest BCUT2D eigenvalue weighted by molar-refractivity contribution is -0.0418. The van der Waals surface area contributed by atoms with Gasteiger partial charge in [-0.2, -0.15) is 13.2 Å². The van der Waals surface area contributed by atoms with Crippen molar-refractivity contribution in [3.05, 3.63) is 0 Å². The molecule has 0 spiro atoms. The number of hydrogen-bond donors (Lipinski definition) is 1. The summed E-state index contributed by atoms with van der Waals surface area (Å²) < 4.78 is 38.9. The van der Waals surface area contributed by atoms with Gasteiger partial charge in [0.15, 0.2) is 0 Å². The first-order valence-electron chi connectivity index (χ1n) is 2.98. The molecule has 0 unspecified atom stereocenters. The second-order valence-electron chi connectivity index (χ2n) is 2.45. The highest BCUT2D eigenvalue weighted by molar-refractivity contribution is 8.13. The van der Waals surface area contributed by atoms with E-state index in [0.717, 1.165) is 0 Å². The largest absolute Gasteiger partial charge is 0.447 e. The van der Waals surface area contributed by atoms with E-state index in [4.69, 9.17) is 0 Å². The third kappa shape index (κ3) is 3.31. The molecule has 2 nitrogen and oxygen atoms in total. The zero-order chi connectivity index (χ0) is 9.23. The van der Waals surface area contributed by atoms with E-state index in [9.17, 15) is 13.2 Å². The van der Waals surface area contributed by atoms with Crippen molar-refractivity contribution >= 4 is 11.3 Å². The first-order valence-corrected chi connectivity index (χ1v) is 4.23. The lowest BCUT2D eigenvalue weighted by Gasteiger charge is -2.35. The molecule has 0 radical (unpaired) electrons. The van der Waals surface area contributed by atoms with Crippen LogP contribution in [0, 0.1) is 0 Å². The molecule has 6 heteroatoms. The zero-order valence-electron chi connectivity index (χ0n) is 6.98. The van der Waals surface area contributed by atoms with Gasteiger partial charge in [0.05, 0.1) is 0 Å². The van der Waals surface area contributed by atoms with Gasteiger partial charge in [0.25, 0.3) is 0 Å². The predicted molar refractivity (Wildman–Crippen MR) is 42.4 cm³/mol. The monoisotopic (exact) mass is 190 g/mol. The average Bonchev–Trinajstić information content (AvgIpc) is 1.54. The summed E-state index contributed by atoms with van der Waals surface area (Å²) in [6, 6.07) is 0. The van der Waals surface area contributed by atoms with E-state index >= 15 is 0 Å². The van der Waals surface area contributed by atoms with Crippen molar-refractivity contribution < 1.29 is 13.2 Å². The van der Waals surface area contributed by atoms with E-state index in [1.54, 1.807) is 0 Å². The summed E-state index contributed by atoms with van der Waals surface area (Å²) in [5, 5.41) is 0. The van der Waals surface area contributed by atoms with Gasteiger partial charge in [0, 0.05) is 0 Å². The van der Waals surface area contributed by atoms with Crippen LogP contribution in [0.3, 0.4) is 0 Å². The van der Waals surface area contributed by atoms with Gasteiger partial charge in [-0.15, -0.1) is 0 Å². The van der Waals surface area contributed by atoms with Crippen molar-refractivity contribution in [1.29, 1.82) is 0 Å². The van der Waals surface area contributed by atoms with Gasteiger partial charge in [0.1, 0.15) is 0 Å². The molecular formula is C5H13F3N2S. The van der Waals surface area contributed by atoms with Crippen LogP contribution in [0.2, 0.25) is 0 Å². The Labute approximate surface area is 67.6 Å². The molecule has 0 N–H and O–H groups in total. The van der Waals surface area contributed by atoms with Crippen LogP contribution >= 0.6 is 11.3 Å². The Kier molecular flexibility index (Phi) is 3.66. The fourth-order valence-corrected chi connectivity index (χ4v) is 2.43. The van der Waals surface area contributed by atoms with Crippen molar-refractivity contribution in [3.63, 3.8) is 0 Å². The van der Waals surface area contributed by atoms with Gasteiger partial charge >= 0.3 is 5.51 Å². The lowest BCUT2D eigenvalue weighted by atomic mass is 11.3. The SMILES string of the molecule is CN(C)[SH](N(C)C)C(F)(F)F. The number of alkyl halides is 3. The molecule has 0 aliphatic rings. The first-order chi connectivity index (χ1) is 4.76. The maximum Gasteiger partial charge on any atom is 0.447 e. The molecule has 70 valence electrons. The topological polar surface area (TPSA) is 6.48 Å². The van der Waals surface area contributed by atoms with Crippen molar-refractivity contribution in [2.75, 3.05) is 28.2 Å². The molecule has 0 aromatic rings. The average molecular weight is 190 g/mol. The number of rotatable bonds is 2. The minimum absolute atomic E-state index is 1.19. The maximum atomic E-state index is 12.2. The number of nitrogens with zero attached hydrogens (tertiary/aromatic N) is 2. The molecule has 0 saturated heterocycles. The van der Waals surface area contributed by atoms with Crippen LogP contribution in [0.25, 0.3) is 0 Å². The Balaban J connectivity index is 4.35. The van der Waals surface area contributed by atoms with E-state index in [1.807, 2.05) is 0 Å². The second-order valence-corrected chi connectivity index (χ2v) is 5.14. The number of thiol groups is 1. The minimum Gasteiger partial charge on any atom is -0.258 e. The van der Waals surface area contributed by atoms with Crippen LogP contribution < -0.4 is 0 Å². The Morgan fingerprint density at radius 3 is 1.18 bits per heavy atom. The molecular weight excluding hydrogens is 177 g/mol. The molecule has 0 saturated carbocycles. The zero-order valence-corrected chi connectivity index (χ0v) is 7.87. The summed E-state index contributed by atoms with van der Waals surface area (Å²) in [5.74, 6) is 0. The normalized spacial score (nSPS) is 14.5. The summed E-state index contributed by atoms with van der Waals surface area (Å²) in [6.07, 6.45) is 0. The van der Waals surface area contributed by atoms with Crippen molar-refractivity contribution in [2.45, 2.75) is 5.51 Å². The molecule has 0 bridgehead atoms. The van der Waals surface area contributed by atoms with E-state index in [2.05, 4.69) is 0 Å². The molecule has 0 amide bonds. The van der Waals surface area contributed by atoms with E-state index in [0.29, 0.717) is 0 Å². The van der Waals surface area contributed by atoms with Crippen LogP contribution in [0.1, 0.15) is 0 Å². The molecule has 11 heavy (non-hydrogen) atoms. The standard InChI is InChI=1S/C5H13F3N2S/c1-9(2)11(10(3)4)5(6,7)8/h11H,1-4H3. The van der Waals surface area contributed by atoms with Crippen LogP contribution in [0.4, 0.5) is 13.2 Å². The molecule has 0 aromatic carbocycles. The van der Waals surface area contributed by atoms with Crippen molar-refractivity contribution in [3.8, 4) is 0 Å². The third-order valence-corrected chi connectivity index (χ3v) is 2.95. The van der Waals surface area contributed by atoms with Crippen LogP contribution in [-0.4, -0.2) is 42.3 Å². The van der Waals surface area contributed by atoms with E-state index in [-0.39, 0.29) is 0 Å². The van der Waals surface area contributed by atoms with E-state index in [1.165, 1.54) is 36.8 Å². The molecule has 0 heterocycles. The molecule has 0 fully saturated rings. The highest BCUT2D eigenvalue weighted by atomic mass is 32.2. The molecule has 0 aliphatic carbocycles. The molecule has 0 aliphatic heterocycles. The quantitative estimate of drug-likeness (QED) is 0.659. The number of hydrogen-bond acceptors (Lipinski definition) is 2. The van der Waals surface area contributed by atoms with Gasteiger partial charge in [0.2, 0.25) is 0 Å². The Morgan fingerprint density at radius 2 is 1.18 bits per heavy atom. The Hall–Kier alpha value is 0.0600. The van der Waals surface area contributed by atoms with Crippen LogP contribution in [-0.2, 0) is 0 Å². The lowest BCUT2D eigenvalue weighted by Crippen LogP contribution is -2.30. The molecule has 0 rings (SSSR count). The summed E-state index contributed by atoms with van der Waals surface area (Å²) in [5.41, 5.74) is -4.12. The molecule has 0 atom stereocenters. The Morgan fingerprint density at radius 1 is 0.909 bits per heavy atom. The first kappa shape index (κ1) is 11.1. The number of halogens is 3. The fraction of sp³-hybridized carbons (Fsp3) is 1.00. The van der Waals surface area contributed by atoms with Gasteiger partial charge in [-0.05, 0) is 39.5 Å². The molecule has 0 aromatic heterocycles. The van der Waals surface area contributed by atoms with Crippen LogP contribution in [0.5, 0.6) is 0 Å². The smallest absolute Gasteiger partial charge is 0.258 e. The summed E-state index contributed by atoms with van der Waals surface area (Å²) in [7, 11) is 5.72. The predicted octanol–water partition coefficient (Wildman–Crippen LogP) is 1.46. The van der Waals surface area contributed by atoms with Gasteiger partial charge in [-0.25, -0.2) is 0 Å².